The van der Waals surface area contributed by atoms with E-state index in [1.807, 2.05) is 51.1 Å². The van der Waals surface area contributed by atoms with Crippen molar-refractivity contribution in [1.82, 2.24) is 10.2 Å². The summed E-state index contributed by atoms with van der Waals surface area (Å²) >= 11 is 0. The van der Waals surface area contributed by atoms with Crippen molar-refractivity contribution >= 4 is 12.2 Å². The molecule has 2 N–H and O–H groups in total. The highest BCUT2D eigenvalue weighted by Gasteiger charge is 2.40. The molecule has 0 aliphatic carbocycles. The lowest BCUT2D eigenvalue weighted by Gasteiger charge is -2.44. The van der Waals surface area contributed by atoms with E-state index in [1.54, 1.807) is 11.8 Å². The van der Waals surface area contributed by atoms with E-state index in [4.69, 9.17) is 9.47 Å². The molecular weight excluding hydrogens is 336 g/mol. The summed E-state index contributed by atoms with van der Waals surface area (Å²) in [4.78, 5) is 25.6. The first-order valence-corrected chi connectivity index (χ1v) is 8.79. The lowest BCUT2D eigenvalue weighted by Crippen LogP contribution is -2.61. The maximum absolute atomic E-state index is 12.0. The fourth-order valence-electron chi connectivity index (χ4n) is 2.75. The molecule has 0 aromatic heterocycles. The van der Waals surface area contributed by atoms with Crippen LogP contribution < -0.4 is 5.32 Å². The molecule has 1 aliphatic rings. The Hall–Kier alpha value is -2.28. The van der Waals surface area contributed by atoms with Crippen LogP contribution in [-0.4, -0.2) is 53.0 Å². The molecule has 2 atom stereocenters. The molecule has 0 radical (unpaired) electrons. The first-order chi connectivity index (χ1) is 12.2. The van der Waals surface area contributed by atoms with Crippen LogP contribution in [0.1, 0.15) is 33.3 Å². The molecule has 0 unspecified atom stereocenters. The van der Waals surface area contributed by atoms with Crippen LogP contribution in [0.15, 0.2) is 30.3 Å². The van der Waals surface area contributed by atoms with Gasteiger partial charge in [-0.15, -0.1) is 0 Å². The Morgan fingerprint density at radius 2 is 1.88 bits per heavy atom. The first-order valence-electron chi connectivity index (χ1n) is 8.79. The van der Waals surface area contributed by atoms with Gasteiger partial charge in [0.15, 0.2) is 0 Å². The number of carbonyl (C=O) groups excluding carboxylic acids is 2. The van der Waals surface area contributed by atoms with E-state index in [0.717, 1.165) is 5.56 Å². The molecule has 1 aromatic carbocycles. The summed E-state index contributed by atoms with van der Waals surface area (Å²) in [7, 11) is 0. The van der Waals surface area contributed by atoms with Crippen LogP contribution in [0.4, 0.5) is 9.59 Å². The molecule has 144 valence electrons. The molecule has 0 saturated carbocycles. The number of benzene rings is 1. The van der Waals surface area contributed by atoms with Gasteiger partial charge in [0, 0.05) is 19.0 Å². The number of nitrogens with one attached hydrogen (secondary N) is 1. The summed E-state index contributed by atoms with van der Waals surface area (Å²) < 4.78 is 10.5. The summed E-state index contributed by atoms with van der Waals surface area (Å²) in [5.74, 6) is -0.0493. The Morgan fingerprint density at radius 1 is 1.27 bits per heavy atom. The number of nitrogens with zero attached hydrogens (tertiary/aromatic N) is 1. The third kappa shape index (κ3) is 5.91. The normalized spacial score (nSPS) is 17.0. The fraction of sp³-hybridized carbons (Fsp3) is 0.579. The number of amides is 2. The Morgan fingerprint density at radius 3 is 2.42 bits per heavy atom. The van der Waals surface area contributed by atoms with Gasteiger partial charge in [0.1, 0.15) is 12.2 Å². The number of hydrogen-bond donors (Lipinski definition) is 2. The second-order valence-corrected chi connectivity index (χ2v) is 7.62. The zero-order valence-electron chi connectivity index (χ0n) is 15.8. The van der Waals surface area contributed by atoms with Gasteiger partial charge in [-0.1, -0.05) is 30.3 Å². The molecule has 0 spiro atoms. The number of alkyl carbamates (subject to hydrolysis) is 1. The number of carbonyl (C=O) groups is 2. The average molecular weight is 364 g/mol. The van der Waals surface area contributed by atoms with Crippen LogP contribution in [0.2, 0.25) is 0 Å². The van der Waals surface area contributed by atoms with Gasteiger partial charge in [0.05, 0.1) is 12.1 Å². The zero-order chi connectivity index (χ0) is 19.3. The summed E-state index contributed by atoms with van der Waals surface area (Å²) in [6.45, 7) is 8.04. The largest absolute Gasteiger partial charge is 0.445 e. The lowest BCUT2D eigenvalue weighted by molar-refractivity contribution is -0.0184. The number of rotatable bonds is 5. The first kappa shape index (κ1) is 20.0. The Balaban J connectivity index is 1.80. The fourth-order valence-corrected chi connectivity index (χ4v) is 2.75. The van der Waals surface area contributed by atoms with Crippen LogP contribution in [0, 0.1) is 5.92 Å². The van der Waals surface area contributed by atoms with Crippen LogP contribution in [-0.2, 0) is 16.1 Å². The zero-order valence-corrected chi connectivity index (χ0v) is 15.8. The molecule has 1 aromatic rings. The second-order valence-electron chi connectivity index (χ2n) is 7.62. The number of hydrogen-bond acceptors (Lipinski definition) is 5. The molecule has 1 aliphatic heterocycles. The maximum Gasteiger partial charge on any atom is 0.410 e. The van der Waals surface area contributed by atoms with Crippen molar-refractivity contribution in [3.63, 3.8) is 0 Å². The molecule has 2 rings (SSSR count). The van der Waals surface area contributed by atoms with Crippen molar-refractivity contribution in [1.29, 1.82) is 0 Å². The smallest absolute Gasteiger partial charge is 0.410 e. The minimum Gasteiger partial charge on any atom is -0.445 e. The number of likely N-dealkylation sites (tertiary alicyclic amines) is 1. The second kappa shape index (κ2) is 8.40. The predicted molar refractivity (Wildman–Crippen MR) is 96.5 cm³/mol. The van der Waals surface area contributed by atoms with Crippen LogP contribution >= 0.6 is 0 Å². The van der Waals surface area contributed by atoms with Crippen molar-refractivity contribution < 1.29 is 24.2 Å². The van der Waals surface area contributed by atoms with Gasteiger partial charge in [0.25, 0.3) is 0 Å². The van der Waals surface area contributed by atoms with Crippen molar-refractivity contribution in [2.45, 2.75) is 52.0 Å². The molecule has 26 heavy (non-hydrogen) atoms. The van der Waals surface area contributed by atoms with E-state index in [1.165, 1.54) is 0 Å². The van der Waals surface area contributed by atoms with E-state index in [-0.39, 0.29) is 18.6 Å². The molecule has 7 heteroatoms. The molecule has 2 amide bonds. The lowest BCUT2D eigenvalue weighted by atomic mass is 9.89. The predicted octanol–water partition coefficient (Wildman–Crippen LogP) is 2.53. The average Bonchev–Trinajstić information content (AvgIpc) is 2.49. The third-order valence-corrected chi connectivity index (χ3v) is 4.09. The maximum atomic E-state index is 12.0. The Bertz CT molecular complexity index is 606. The number of ether oxygens (including phenoxy) is 2. The summed E-state index contributed by atoms with van der Waals surface area (Å²) in [5, 5.41) is 12.7. The molecule has 1 saturated heterocycles. The highest BCUT2D eigenvalue weighted by Crippen LogP contribution is 2.24. The monoisotopic (exact) mass is 364 g/mol. The molecular formula is C19H28N2O5. The highest BCUT2D eigenvalue weighted by atomic mass is 16.6. The molecule has 1 fully saturated rings. The molecule has 1 heterocycles. The van der Waals surface area contributed by atoms with Crippen LogP contribution in [0.25, 0.3) is 0 Å². The summed E-state index contributed by atoms with van der Waals surface area (Å²) in [6, 6.07) is 8.87. The standard InChI is InChI=1S/C19H28N2O5/c1-13(22)16(15-10-21(11-15)18(24)26-19(2,3)4)20-17(23)25-12-14-8-6-5-7-9-14/h5-9,13,15-16,22H,10-12H2,1-4H3,(H,20,23)/t13-,16+/m1/s1. The van der Waals surface area contributed by atoms with E-state index < -0.39 is 23.8 Å². The minimum absolute atomic E-state index is 0.0493. The van der Waals surface area contributed by atoms with E-state index in [2.05, 4.69) is 5.32 Å². The Kier molecular flexibility index (Phi) is 6.47. The van der Waals surface area contributed by atoms with E-state index >= 15 is 0 Å². The van der Waals surface area contributed by atoms with Crippen LogP contribution in [0.5, 0.6) is 0 Å². The van der Waals surface area contributed by atoms with Gasteiger partial charge in [0.2, 0.25) is 0 Å². The van der Waals surface area contributed by atoms with Gasteiger partial charge in [-0.05, 0) is 33.3 Å². The van der Waals surface area contributed by atoms with Gasteiger partial charge in [-0.3, -0.25) is 0 Å². The van der Waals surface area contributed by atoms with Crippen molar-refractivity contribution in [3.05, 3.63) is 35.9 Å². The highest BCUT2D eigenvalue weighted by molar-refractivity contribution is 5.70. The van der Waals surface area contributed by atoms with Gasteiger partial charge >= 0.3 is 12.2 Å². The van der Waals surface area contributed by atoms with Crippen LogP contribution in [0.3, 0.4) is 0 Å². The van der Waals surface area contributed by atoms with E-state index in [9.17, 15) is 14.7 Å². The molecule has 0 bridgehead atoms. The molecule has 7 nitrogen and oxygen atoms in total. The van der Waals surface area contributed by atoms with Crippen molar-refractivity contribution in [2.75, 3.05) is 13.1 Å². The number of aliphatic hydroxyl groups excluding tert-OH is 1. The van der Waals surface area contributed by atoms with E-state index in [0.29, 0.717) is 13.1 Å². The van der Waals surface area contributed by atoms with Crippen molar-refractivity contribution in [2.24, 2.45) is 5.92 Å². The van der Waals surface area contributed by atoms with Gasteiger partial charge < -0.3 is 24.8 Å². The number of aliphatic hydroxyl groups is 1. The Labute approximate surface area is 154 Å². The SMILES string of the molecule is C[C@@H](O)[C@H](NC(=O)OCc1ccccc1)C1CN(C(=O)OC(C)(C)C)C1. The topological polar surface area (TPSA) is 88.1 Å². The quantitative estimate of drug-likeness (QED) is 0.838. The minimum atomic E-state index is -0.759. The van der Waals surface area contributed by atoms with Gasteiger partial charge in [-0.2, -0.15) is 0 Å². The third-order valence-electron chi connectivity index (χ3n) is 4.09. The van der Waals surface area contributed by atoms with Gasteiger partial charge in [-0.25, -0.2) is 9.59 Å². The summed E-state index contributed by atoms with van der Waals surface area (Å²) in [5.41, 5.74) is 0.335. The van der Waals surface area contributed by atoms with Crippen molar-refractivity contribution in [3.8, 4) is 0 Å². The summed E-state index contributed by atoms with van der Waals surface area (Å²) in [6.07, 6.45) is -1.73.